The van der Waals surface area contributed by atoms with Crippen molar-refractivity contribution in [2.75, 3.05) is 20.2 Å². The van der Waals surface area contributed by atoms with Crippen LogP contribution in [0.3, 0.4) is 0 Å². The van der Waals surface area contributed by atoms with Gasteiger partial charge in [-0.15, -0.1) is 0 Å². The van der Waals surface area contributed by atoms with E-state index in [1.54, 1.807) is 13.1 Å². The molecular formula is C9H15N3O2. The van der Waals surface area contributed by atoms with Crippen molar-refractivity contribution >= 4 is 5.97 Å². The number of esters is 1. The minimum Gasteiger partial charge on any atom is -0.462 e. The zero-order valence-electron chi connectivity index (χ0n) is 8.46. The molecule has 5 nitrogen and oxygen atoms in total. The van der Waals surface area contributed by atoms with Crippen molar-refractivity contribution in [3.05, 3.63) is 17.5 Å². The van der Waals surface area contributed by atoms with Crippen LogP contribution >= 0.6 is 0 Å². The van der Waals surface area contributed by atoms with Gasteiger partial charge >= 0.3 is 5.97 Å². The van der Waals surface area contributed by atoms with Crippen LogP contribution < -0.4 is 5.32 Å². The maximum absolute atomic E-state index is 11.4. The minimum atomic E-state index is -0.313. The number of nitrogens with zero attached hydrogens (tertiary/aromatic N) is 1. The Bertz CT molecular complexity index is 296. The molecule has 0 aliphatic heterocycles. The lowest BCUT2D eigenvalue weighted by atomic mass is 10.2. The van der Waals surface area contributed by atoms with E-state index in [-0.39, 0.29) is 5.97 Å². The molecule has 0 saturated heterocycles. The monoisotopic (exact) mass is 197 g/mol. The Morgan fingerprint density at radius 2 is 2.50 bits per heavy atom. The van der Waals surface area contributed by atoms with Crippen molar-refractivity contribution in [3.63, 3.8) is 0 Å². The largest absolute Gasteiger partial charge is 0.462 e. The molecule has 0 amide bonds. The fourth-order valence-corrected chi connectivity index (χ4v) is 1.14. The molecule has 0 fully saturated rings. The second kappa shape index (κ2) is 5.39. The third kappa shape index (κ3) is 2.56. The van der Waals surface area contributed by atoms with Gasteiger partial charge in [-0.05, 0) is 14.0 Å². The highest BCUT2D eigenvalue weighted by Gasteiger charge is 2.14. The highest BCUT2D eigenvalue weighted by molar-refractivity contribution is 5.90. The van der Waals surface area contributed by atoms with Crippen LogP contribution in [0.2, 0.25) is 0 Å². The molecule has 0 aromatic carbocycles. The summed E-state index contributed by atoms with van der Waals surface area (Å²) in [6.45, 7) is 2.96. The molecule has 0 aliphatic rings. The van der Waals surface area contributed by atoms with Crippen LogP contribution in [0.1, 0.15) is 23.0 Å². The lowest BCUT2D eigenvalue weighted by Crippen LogP contribution is -2.13. The average molecular weight is 197 g/mol. The molecule has 0 radical (unpaired) electrons. The van der Waals surface area contributed by atoms with Crippen molar-refractivity contribution in [1.29, 1.82) is 0 Å². The lowest BCUT2D eigenvalue weighted by molar-refractivity contribution is 0.0525. The van der Waals surface area contributed by atoms with Gasteiger partial charge in [0.15, 0.2) is 0 Å². The second-order valence-corrected chi connectivity index (χ2v) is 2.82. The van der Waals surface area contributed by atoms with Gasteiger partial charge in [-0.25, -0.2) is 4.79 Å². The summed E-state index contributed by atoms with van der Waals surface area (Å²) in [5, 5.41) is 9.66. The van der Waals surface area contributed by atoms with Gasteiger partial charge in [-0.3, -0.25) is 5.10 Å². The molecule has 0 spiro atoms. The number of nitrogens with one attached hydrogen (secondary N) is 2. The van der Waals surface area contributed by atoms with Crippen LogP contribution in [0.25, 0.3) is 0 Å². The van der Waals surface area contributed by atoms with Crippen LogP contribution in [0, 0.1) is 0 Å². The maximum atomic E-state index is 11.4. The summed E-state index contributed by atoms with van der Waals surface area (Å²) < 4.78 is 4.89. The summed E-state index contributed by atoms with van der Waals surface area (Å²) in [6, 6.07) is 0. The number of hydrogen-bond acceptors (Lipinski definition) is 4. The molecule has 1 rings (SSSR count). The van der Waals surface area contributed by atoms with E-state index in [4.69, 9.17) is 4.74 Å². The van der Waals surface area contributed by atoms with Crippen molar-refractivity contribution in [2.24, 2.45) is 0 Å². The summed E-state index contributed by atoms with van der Waals surface area (Å²) >= 11 is 0. The second-order valence-electron chi connectivity index (χ2n) is 2.82. The molecule has 0 bridgehead atoms. The summed E-state index contributed by atoms with van der Waals surface area (Å²) in [5.41, 5.74) is 1.28. The molecule has 1 aromatic rings. The van der Waals surface area contributed by atoms with Gasteiger partial charge in [-0.1, -0.05) is 0 Å². The number of H-pyrrole nitrogens is 1. The number of hydrogen-bond donors (Lipinski definition) is 2. The van der Waals surface area contributed by atoms with E-state index in [2.05, 4.69) is 15.5 Å². The molecule has 0 aliphatic carbocycles. The van der Waals surface area contributed by atoms with Gasteiger partial charge in [0.05, 0.1) is 12.3 Å². The molecule has 5 heteroatoms. The van der Waals surface area contributed by atoms with Gasteiger partial charge in [0, 0.05) is 19.2 Å². The predicted molar refractivity (Wildman–Crippen MR) is 52.2 cm³/mol. The van der Waals surface area contributed by atoms with Crippen molar-refractivity contribution in [2.45, 2.75) is 13.3 Å². The normalized spacial score (nSPS) is 10.1. The molecular weight excluding hydrogens is 182 g/mol. The van der Waals surface area contributed by atoms with Gasteiger partial charge in [-0.2, -0.15) is 5.10 Å². The summed E-state index contributed by atoms with van der Waals surface area (Å²) in [7, 11) is 1.86. The van der Waals surface area contributed by atoms with Crippen molar-refractivity contribution in [3.8, 4) is 0 Å². The van der Waals surface area contributed by atoms with Crippen LogP contribution in [-0.4, -0.2) is 36.4 Å². The number of ether oxygens (including phenoxy) is 1. The molecule has 1 aromatic heterocycles. The first-order chi connectivity index (χ1) is 6.79. The zero-order valence-corrected chi connectivity index (χ0v) is 8.46. The fraction of sp³-hybridized carbons (Fsp3) is 0.556. The molecule has 0 saturated carbocycles. The first-order valence-corrected chi connectivity index (χ1v) is 4.64. The maximum Gasteiger partial charge on any atom is 0.341 e. The Kier molecular flexibility index (Phi) is 4.12. The number of aromatic nitrogens is 2. The summed E-state index contributed by atoms with van der Waals surface area (Å²) in [6.07, 6.45) is 2.29. The van der Waals surface area contributed by atoms with E-state index >= 15 is 0 Å². The number of aromatic amines is 1. The Balaban J connectivity index is 2.66. The SMILES string of the molecule is CCOC(=O)c1c[nH]nc1CCNC. The van der Waals surface area contributed by atoms with Gasteiger partial charge in [0.25, 0.3) is 0 Å². The van der Waals surface area contributed by atoms with Gasteiger partial charge in [0.2, 0.25) is 0 Å². The van der Waals surface area contributed by atoms with Crippen molar-refractivity contribution < 1.29 is 9.53 Å². The Morgan fingerprint density at radius 1 is 1.71 bits per heavy atom. The molecule has 0 unspecified atom stereocenters. The molecule has 1 heterocycles. The van der Waals surface area contributed by atoms with Crippen LogP contribution in [-0.2, 0) is 11.2 Å². The Hall–Kier alpha value is -1.36. The number of likely N-dealkylation sites (N-methyl/N-ethyl adjacent to an activating group) is 1. The number of carbonyl (C=O) groups excluding carboxylic acids is 1. The van der Waals surface area contributed by atoms with E-state index < -0.39 is 0 Å². The average Bonchev–Trinajstić information content (AvgIpc) is 2.63. The lowest BCUT2D eigenvalue weighted by Gasteiger charge is -2.01. The smallest absolute Gasteiger partial charge is 0.341 e. The fourth-order valence-electron chi connectivity index (χ4n) is 1.14. The minimum absolute atomic E-state index is 0.313. The Labute approximate surface area is 82.8 Å². The van der Waals surface area contributed by atoms with E-state index in [1.807, 2.05) is 7.05 Å². The standard InChI is InChI=1S/C9H15N3O2/c1-3-14-9(13)7-6-11-12-8(7)4-5-10-2/h6,10H,3-5H2,1-2H3,(H,11,12). The van der Waals surface area contributed by atoms with Crippen LogP contribution in [0.15, 0.2) is 6.20 Å². The highest BCUT2D eigenvalue weighted by Crippen LogP contribution is 2.06. The highest BCUT2D eigenvalue weighted by atomic mass is 16.5. The number of rotatable bonds is 5. The van der Waals surface area contributed by atoms with Crippen LogP contribution in [0.4, 0.5) is 0 Å². The van der Waals surface area contributed by atoms with Crippen molar-refractivity contribution in [1.82, 2.24) is 15.5 Å². The first kappa shape index (κ1) is 10.7. The van der Waals surface area contributed by atoms with E-state index in [0.717, 1.165) is 12.2 Å². The molecule has 0 atom stereocenters. The third-order valence-electron chi connectivity index (χ3n) is 1.83. The summed E-state index contributed by atoms with van der Waals surface area (Å²) in [4.78, 5) is 11.4. The predicted octanol–water partition coefficient (Wildman–Crippen LogP) is 0.348. The van der Waals surface area contributed by atoms with E-state index in [9.17, 15) is 4.79 Å². The number of carbonyl (C=O) groups is 1. The van der Waals surface area contributed by atoms with E-state index in [0.29, 0.717) is 18.6 Å². The van der Waals surface area contributed by atoms with Crippen LogP contribution in [0.5, 0.6) is 0 Å². The van der Waals surface area contributed by atoms with E-state index in [1.165, 1.54) is 0 Å². The summed E-state index contributed by atoms with van der Waals surface area (Å²) in [5.74, 6) is -0.313. The zero-order chi connectivity index (χ0) is 10.4. The Morgan fingerprint density at radius 3 is 3.14 bits per heavy atom. The quantitative estimate of drug-likeness (QED) is 0.668. The third-order valence-corrected chi connectivity index (χ3v) is 1.83. The molecule has 2 N–H and O–H groups in total. The topological polar surface area (TPSA) is 67.0 Å². The van der Waals surface area contributed by atoms with Gasteiger partial charge < -0.3 is 10.1 Å². The molecule has 14 heavy (non-hydrogen) atoms. The first-order valence-electron chi connectivity index (χ1n) is 4.64. The van der Waals surface area contributed by atoms with Gasteiger partial charge in [0.1, 0.15) is 5.56 Å². The molecule has 78 valence electrons.